The number of rotatable bonds is 2. The number of alkyl halides is 3. The molecule has 2 unspecified atom stereocenters. The molecule has 0 spiro atoms. The lowest BCUT2D eigenvalue weighted by atomic mass is 9.91. The number of carbonyl (C=O) groups excluding carboxylic acids is 2. The van der Waals surface area contributed by atoms with Crippen molar-refractivity contribution >= 4 is 46.7 Å². The first-order chi connectivity index (χ1) is 18.8. The van der Waals surface area contributed by atoms with Crippen molar-refractivity contribution in [3.05, 3.63) is 75.1 Å². The second kappa shape index (κ2) is 8.70. The van der Waals surface area contributed by atoms with Crippen molar-refractivity contribution in [1.29, 1.82) is 0 Å². The summed E-state index contributed by atoms with van der Waals surface area (Å²) in [6.07, 6.45) is -4.79. The van der Waals surface area contributed by atoms with Gasteiger partial charge in [-0.1, -0.05) is 17.7 Å². The predicted molar refractivity (Wildman–Crippen MR) is 139 cm³/mol. The van der Waals surface area contributed by atoms with Crippen LogP contribution in [0.1, 0.15) is 33.9 Å². The number of anilines is 4. The molecule has 6 rings (SSSR count). The van der Waals surface area contributed by atoms with Gasteiger partial charge in [0, 0.05) is 28.3 Å². The van der Waals surface area contributed by atoms with Gasteiger partial charge < -0.3 is 16.2 Å². The highest BCUT2D eigenvalue weighted by Gasteiger charge is 2.61. The van der Waals surface area contributed by atoms with Crippen molar-refractivity contribution in [1.82, 2.24) is 10.3 Å². The number of nitrogens with two attached hydrogens (primary N) is 1. The van der Waals surface area contributed by atoms with Crippen LogP contribution in [0.4, 0.5) is 50.2 Å². The van der Waals surface area contributed by atoms with E-state index in [-0.39, 0.29) is 17.3 Å². The van der Waals surface area contributed by atoms with Gasteiger partial charge in [-0.15, -0.1) is 0 Å². The Hall–Kier alpha value is -4.10. The number of halogens is 5. The molecule has 4 heterocycles. The van der Waals surface area contributed by atoms with Gasteiger partial charge in [-0.2, -0.15) is 13.2 Å². The number of aliphatic hydroxyl groups is 1. The molecule has 2 aromatic carbocycles. The average Bonchev–Trinajstić information content (AvgIpc) is 3.46. The smallest absolute Gasteiger partial charge is 0.383 e. The predicted octanol–water partition coefficient (Wildman–Crippen LogP) is 4.74. The lowest BCUT2D eigenvalue weighted by Gasteiger charge is -2.35. The molecule has 9 nitrogen and oxygen atoms in total. The summed E-state index contributed by atoms with van der Waals surface area (Å²) in [6, 6.07) is 5.24. The molecule has 0 aliphatic carbocycles. The number of aryl methyl sites for hydroxylation is 1. The Morgan fingerprint density at radius 3 is 2.75 bits per heavy atom. The Kier molecular flexibility index (Phi) is 5.68. The molecular weight excluding hydrogens is 556 g/mol. The SMILES string of the molecule is Cc1ccc(Cl)cc1C1NC(=O)N2CCc3c(N)nc(NC(=O)N4CC(O)(C(F)(F)F)c5cc(F)ccc54)c1c32. The second-order valence-corrected chi connectivity index (χ2v) is 10.3. The lowest BCUT2D eigenvalue weighted by molar-refractivity contribution is -0.258. The molecular formula is C26H21ClF4N6O3. The first-order valence-electron chi connectivity index (χ1n) is 12.1. The van der Waals surface area contributed by atoms with E-state index < -0.39 is 47.8 Å². The fraction of sp³-hybridized carbons (Fsp3) is 0.269. The third-order valence-corrected chi connectivity index (χ3v) is 7.80. The number of benzene rings is 2. The summed E-state index contributed by atoms with van der Waals surface area (Å²) in [6.45, 7) is 0.907. The molecule has 3 aliphatic rings. The number of carbonyl (C=O) groups is 2. The molecule has 0 bridgehead atoms. The highest BCUT2D eigenvalue weighted by molar-refractivity contribution is 6.30. The second-order valence-electron chi connectivity index (χ2n) is 9.91. The molecule has 5 N–H and O–H groups in total. The van der Waals surface area contributed by atoms with E-state index in [0.717, 1.165) is 17.7 Å². The Morgan fingerprint density at radius 1 is 1.27 bits per heavy atom. The largest absolute Gasteiger partial charge is 0.423 e. The van der Waals surface area contributed by atoms with Gasteiger partial charge in [0.2, 0.25) is 5.60 Å². The summed E-state index contributed by atoms with van der Waals surface area (Å²) in [5.41, 5.74) is 4.42. The molecule has 40 heavy (non-hydrogen) atoms. The minimum Gasteiger partial charge on any atom is -0.383 e. The molecule has 14 heteroatoms. The average molecular weight is 577 g/mol. The van der Waals surface area contributed by atoms with Crippen LogP contribution in [0.3, 0.4) is 0 Å². The van der Waals surface area contributed by atoms with Crippen LogP contribution >= 0.6 is 11.6 Å². The lowest BCUT2D eigenvalue weighted by Crippen LogP contribution is -2.48. The van der Waals surface area contributed by atoms with Crippen molar-refractivity contribution in [3.8, 4) is 0 Å². The summed E-state index contributed by atoms with van der Waals surface area (Å²) in [5, 5.41) is 16.4. The fourth-order valence-corrected chi connectivity index (χ4v) is 5.78. The van der Waals surface area contributed by atoms with Crippen LogP contribution in [0.2, 0.25) is 5.02 Å². The van der Waals surface area contributed by atoms with Gasteiger partial charge in [0.15, 0.2) is 0 Å². The topological polar surface area (TPSA) is 124 Å². The van der Waals surface area contributed by atoms with E-state index in [1.54, 1.807) is 18.2 Å². The maximum Gasteiger partial charge on any atom is 0.423 e. The summed E-state index contributed by atoms with van der Waals surface area (Å²) in [5.74, 6) is -1.05. The number of nitrogen functional groups attached to an aromatic ring is 1. The number of β-amino-alcohol motifs (C(OH)–C–C–N with tert-alkyl or cyclic N) is 1. The quantitative estimate of drug-likeness (QED) is 0.328. The molecule has 4 amide bonds. The van der Waals surface area contributed by atoms with Crippen LogP contribution in [0.5, 0.6) is 0 Å². The van der Waals surface area contributed by atoms with Crippen LogP contribution in [-0.4, -0.2) is 41.4 Å². The minimum absolute atomic E-state index is 0.0449. The molecule has 0 saturated heterocycles. The Balaban J connectivity index is 1.47. The van der Waals surface area contributed by atoms with Gasteiger partial charge in [-0.05, 0) is 54.8 Å². The first kappa shape index (κ1) is 26.1. The zero-order valence-corrected chi connectivity index (χ0v) is 21.5. The maximum absolute atomic E-state index is 13.9. The number of fused-ring (bicyclic) bond motifs is 1. The van der Waals surface area contributed by atoms with E-state index in [1.807, 2.05) is 6.92 Å². The highest BCUT2D eigenvalue weighted by atomic mass is 35.5. The van der Waals surface area contributed by atoms with Crippen LogP contribution in [-0.2, 0) is 12.0 Å². The van der Waals surface area contributed by atoms with E-state index in [1.165, 1.54) is 4.90 Å². The number of hydrogen-bond donors (Lipinski definition) is 4. The molecule has 3 aromatic rings. The Morgan fingerprint density at radius 2 is 2.02 bits per heavy atom. The summed E-state index contributed by atoms with van der Waals surface area (Å²) >= 11 is 6.25. The van der Waals surface area contributed by atoms with Gasteiger partial charge in [-0.3, -0.25) is 15.1 Å². The number of nitrogens with zero attached hydrogens (tertiary/aromatic N) is 3. The van der Waals surface area contributed by atoms with Gasteiger partial charge in [-0.25, -0.2) is 19.0 Å². The standard InChI is InChI=1S/C26H21ClF4N6O3/c1-11-2-3-12(27)8-15(11)19-18-20-14(6-7-36(20)23(38)33-19)21(32)34-22(18)35-24(39)37-10-25(40,26(29,30)31)16-9-13(28)4-5-17(16)37/h2-5,8-9,19,40H,6-7,10H2,1H3,(H,33,38)(H3,32,34,35,39). The van der Waals surface area contributed by atoms with Gasteiger partial charge >= 0.3 is 18.2 Å². The zero-order chi connectivity index (χ0) is 28.7. The molecule has 0 fully saturated rings. The Labute approximate surface area is 229 Å². The minimum atomic E-state index is -5.20. The van der Waals surface area contributed by atoms with Crippen LogP contribution in [0, 0.1) is 12.7 Å². The molecule has 3 aliphatic heterocycles. The van der Waals surface area contributed by atoms with Crippen molar-refractivity contribution in [2.24, 2.45) is 0 Å². The van der Waals surface area contributed by atoms with Crippen LogP contribution in [0.15, 0.2) is 36.4 Å². The molecule has 1 aromatic heterocycles. The maximum atomic E-state index is 13.9. The molecule has 2 atom stereocenters. The van der Waals surface area contributed by atoms with Crippen molar-refractivity contribution in [2.45, 2.75) is 31.2 Å². The van der Waals surface area contributed by atoms with E-state index in [0.29, 0.717) is 51.3 Å². The molecule has 0 radical (unpaired) electrons. The Bertz CT molecular complexity index is 1620. The summed E-state index contributed by atoms with van der Waals surface area (Å²) in [7, 11) is 0. The number of pyridine rings is 1. The molecule has 208 valence electrons. The number of hydrogen-bond acceptors (Lipinski definition) is 5. The van der Waals surface area contributed by atoms with E-state index >= 15 is 0 Å². The highest BCUT2D eigenvalue weighted by Crippen LogP contribution is 2.50. The van der Waals surface area contributed by atoms with Crippen LogP contribution in [0.25, 0.3) is 0 Å². The number of amides is 4. The summed E-state index contributed by atoms with van der Waals surface area (Å²) in [4.78, 5) is 33.1. The number of nitrogens with one attached hydrogen (secondary N) is 2. The number of aromatic nitrogens is 1. The van der Waals surface area contributed by atoms with E-state index in [9.17, 15) is 32.3 Å². The monoisotopic (exact) mass is 576 g/mol. The van der Waals surface area contributed by atoms with E-state index in [2.05, 4.69) is 15.6 Å². The van der Waals surface area contributed by atoms with Crippen molar-refractivity contribution in [3.63, 3.8) is 0 Å². The van der Waals surface area contributed by atoms with Crippen molar-refractivity contribution in [2.75, 3.05) is 33.9 Å². The van der Waals surface area contributed by atoms with Gasteiger partial charge in [0.05, 0.1) is 24.0 Å². The van der Waals surface area contributed by atoms with Gasteiger partial charge in [0.1, 0.15) is 17.5 Å². The van der Waals surface area contributed by atoms with Crippen molar-refractivity contribution < 1.29 is 32.3 Å². The normalized spacial score (nSPS) is 21.3. The summed E-state index contributed by atoms with van der Waals surface area (Å²) < 4.78 is 55.7. The first-order valence-corrected chi connectivity index (χ1v) is 12.5. The van der Waals surface area contributed by atoms with Gasteiger partial charge in [0.25, 0.3) is 0 Å². The number of urea groups is 2. The fourth-order valence-electron chi connectivity index (χ4n) is 5.60. The zero-order valence-electron chi connectivity index (χ0n) is 20.7. The van der Waals surface area contributed by atoms with E-state index in [4.69, 9.17) is 17.3 Å². The third-order valence-electron chi connectivity index (χ3n) is 7.57. The molecule has 0 saturated carbocycles. The third kappa shape index (κ3) is 3.75. The van der Waals surface area contributed by atoms with Crippen LogP contribution < -0.4 is 26.2 Å².